The van der Waals surface area contributed by atoms with E-state index in [2.05, 4.69) is 5.43 Å². The number of ether oxygens (including phenoxy) is 1. The summed E-state index contributed by atoms with van der Waals surface area (Å²) >= 11 is 0. The summed E-state index contributed by atoms with van der Waals surface area (Å²) in [5.41, 5.74) is 9.21. The van der Waals surface area contributed by atoms with Gasteiger partial charge in [-0.2, -0.15) is 0 Å². The number of nitrogens with zero attached hydrogens (tertiary/aromatic N) is 1. The molecule has 1 heterocycles. The van der Waals surface area contributed by atoms with Gasteiger partial charge >= 0.3 is 0 Å². The minimum Gasteiger partial charge on any atom is -0.379 e. The zero-order valence-electron chi connectivity index (χ0n) is 12.0. The van der Waals surface area contributed by atoms with Crippen LogP contribution >= 0.6 is 0 Å². The van der Waals surface area contributed by atoms with Gasteiger partial charge in [0, 0.05) is 19.5 Å². The molecule has 1 aromatic carbocycles. The van der Waals surface area contributed by atoms with Gasteiger partial charge < -0.3 is 10.5 Å². The summed E-state index contributed by atoms with van der Waals surface area (Å²) in [6.07, 6.45) is 0.578. The van der Waals surface area contributed by atoms with Gasteiger partial charge in [-0.15, -0.1) is 0 Å². The smallest absolute Gasteiger partial charge is 0.235 e. The number of rotatable bonds is 6. The number of hydrazine groups is 1. The van der Waals surface area contributed by atoms with Gasteiger partial charge in [-0.25, -0.2) is 5.01 Å². The SMILES string of the molecule is NC(=O)[C@@H](CC(=O)NN1CCOCC1)Cc1ccccc1. The molecule has 0 spiro atoms. The highest BCUT2D eigenvalue weighted by Gasteiger charge is 2.21. The van der Waals surface area contributed by atoms with Crippen molar-refractivity contribution in [1.29, 1.82) is 0 Å². The molecule has 1 aliphatic heterocycles. The molecule has 1 saturated heterocycles. The van der Waals surface area contributed by atoms with Crippen molar-refractivity contribution in [3.8, 4) is 0 Å². The molecule has 0 aliphatic carbocycles. The molecular weight excluding hydrogens is 270 g/mol. The van der Waals surface area contributed by atoms with Crippen molar-refractivity contribution in [2.75, 3.05) is 26.3 Å². The number of nitrogens with one attached hydrogen (secondary N) is 1. The van der Waals surface area contributed by atoms with Crippen molar-refractivity contribution in [1.82, 2.24) is 10.4 Å². The molecule has 0 radical (unpaired) electrons. The van der Waals surface area contributed by atoms with Gasteiger partial charge in [0.15, 0.2) is 0 Å². The molecule has 0 bridgehead atoms. The topological polar surface area (TPSA) is 84.7 Å². The third-order valence-corrected chi connectivity index (χ3v) is 3.45. The summed E-state index contributed by atoms with van der Waals surface area (Å²) in [5.74, 6) is -1.12. The van der Waals surface area contributed by atoms with Crippen LogP contribution in [0.5, 0.6) is 0 Å². The number of hydrogen-bond acceptors (Lipinski definition) is 4. The molecule has 6 heteroatoms. The van der Waals surface area contributed by atoms with E-state index in [4.69, 9.17) is 10.5 Å². The zero-order chi connectivity index (χ0) is 15.1. The van der Waals surface area contributed by atoms with Crippen molar-refractivity contribution in [2.45, 2.75) is 12.8 Å². The Morgan fingerprint density at radius 1 is 1.24 bits per heavy atom. The van der Waals surface area contributed by atoms with E-state index < -0.39 is 11.8 Å². The van der Waals surface area contributed by atoms with Crippen LogP contribution in [0.15, 0.2) is 30.3 Å². The van der Waals surface area contributed by atoms with E-state index in [1.807, 2.05) is 35.3 Å². The van der Waals surface area contributed by atoms with Gasteiger partial charge in [0.1, 0.15) is 0 Å². The predicted molar refractivity (Wildman–Crippen MR) is 78.0 cm³/mol. The van der Waals surface area contributed by atoms with Crippen LogP contribution in [0.25, 0.3) is 0 Å². The van der Waals surface area contributed by atoms with Gasteiger partial charge in [0.2, 0.25) is 11.8 Å². The Hall–Kier alpha value is -1.92. The van der Waals surface area contributed by atoms with Gasteiger partial charge in [0.05, 0.1) is 19.1 Å². The van der Waals surface area contributed by atoms with E-state index in [0.29, 0.717) is 32.7 Å². The molecule has 114 valence electrons. The molecule has 0 aromatic heterocycles. The predicted octanol–water partition coefficient (Wildman–Crippen LogP) is 0.0841. The molecule has 21 heavy (non-hydrogen) atoms. The van der Waals surface area contributed by atoms with Gasteiger partial charge in [-0.1, -0.05) is 30.3 Å². The summed E-state index contributed by atoms with van der Waals surface area (Å²) in [7, 11) is 0. The molecule has 1 aliphatic rings. The lowest BCUT2D eigenvalue weighted by Crippen LogP contribution is -2.49. The molecule has 1 aromatic rings. The first-order valence-electron chi connectivity index (χ1n) is 7.10. The number of carbonyl (C=O) groups excluding carboxylic acids is 2. The minimum atomic E-state index is -0.492. The highest BCUT2D eigenvalue weighted by Crippen LogP contribution is 2.12. The summed E-state index contributed by atoms with van der Waals surface area (Å²) < 4.78 is 5.21. The highest BCUT2D eigenvalue weighted by atomic mass is 16.5. The second kappa shape index (κ2) is 7.75. The molecule has 0 saturated carbocycles. The van der Waals surface area contributed by atoms with Crippen molar-refractivity contribution < 1.29 is 14.3 Å². The number of nitrogens with two attached hydrogens (primary N) is 1. The van der Waals surface area contributed by atoms with E-state index in [1.165, 1.54) is 0 Å². The number of carbonyl (C=O) groups is 2. The molecule has 1 atom stereocenters. The monoisotopic (exact) mass is 291 g/mol. The van der Waals surface area contributed by atoms with Gasteiger partial charge in [-0.05, 0) is 12.0 Å². The number of morpholine rings is 1. The van der Waals surface area contributed by atoms with Gasteiger partial charge in [0.25, 0.3) is 0 Å². The standard InChI is InChI=1S/C15H21N3O3/c16-15(20)13(10-12-4-2-1-3-5-12)11-14(19)17-18-6-8-21-9-7-18/h1-5,13H,6-11H2,(H2,16,20)(H,17,19)/t13-/m1/s1. The maximum atomic E-state index is 12.0. The van der Waals surface area contributed by atoms with Crippen molar-refractivity contribution >= 4 is 11.8 Å². The quantitative estimate of drug-likeness (QED) is 0.777. The lowest BCUT2D eigenvalue weighted by atomic mass is 9.95. The number of hydrogen-bond donors (Lipinski definition) is 2. The first kappa shape index (κ1) is 15.5. The first-order valence-corrected chi connectivity index (χ1v) is 7.10. The Morgan fingerprint density at radius 2 is 1.90 bits per heavy atom. The normalized spacial score (nSPS) is 17.1. The van der Waals surface area contributed by atoms with Crippen LogP contribution in [0.3, 0.4) is 0 Å². The Bertz CT molecular complexity index is 472. The molecule has 0 unspecified atom stereocenters. The zero-order valence-corrected chi connectivity index (χ0v) is 12.0. The lowest BCUT2D eigenvalue weighted by Gasteiger charge is -2.27. The number of benzene rings is 1. The maximum Gasteiger partial charge on any atom is 0.235 e. The Labute approximate surface area is 124 Å². The van der Waals surface area contributed by atoms with Gasteiger partial charge in [-0.3, -0.25) is 15.0 Å². The van der Waals surface area contributed by atoms with Crippen LogP contribution in [0.4, 0.5) is 0 Å². The minimum absolute atomic E-state index is 0.0988. The summed E-state index contributed by atoms with van der Waals surface area (Å²) in [4.78, 5) is 23.6. The maximum absolute atomic E-state index is 12.0. The highest BCUT2D eigenvalue weighted by molar-refractivity contribution is 5.84. The summed E-state index contributed by atoms with van der Waals surface area (Å²) in [6, 6.07) is 9.57. The van der Waals surface area contributed by atoms with E-state index >= 15 is 0 Å². The first-order chi connectivity index (χ1) is 10.1. The fraction of sp³-hybridized carbons (Fsp3) is 0.467. The van der Waals surface area contributed by atoms with E-state index in [0.717, 1.165) is 5.56 Å². The molecule has 2 amide bonds. The second-order valence-electron chi connectivity index (χ2n) is 5.13. The fourth-order valence-corrected chi connectivity index (χ4v) is 2.29. The molecular formula is C15H21N3O3. The van der Waals surface area contributed by atoms with Crippen LogP contribution in [0, 0.1) is 5.92 Å². The van der Waals surface area contributed by atoms with Crippen LogP contribution in [-0.2, 0) is 20.7 Å². The fourth-order valence-electron chi connectivity index (χ4n) is 2.29. The third kappa shape index (κ3) is 5.17. The van der Waals surface area contributed by atoms with Crippen molar-refractivity contribution in [3.63, 3.8) is 0 Å². The second-order valence-corrected chi connectivity index (χ2v) is 5.13. The number of amides is 2. The number of primary amides is 1. The Kier molecular flexibility index (Phi) is 5.71. The van der Waals surface area contributed by atoms with E-state index in [1.54, 1.807) is 0 Å². The molecule has 1 fully saturated rings. The largest absolute Gasteiger partial charge is 0.379 e. The molecule has 2 rings (SSSR count). The average Bonchev–Trinajstić information content (AvgIpc) is 2.48. The Morgan fingerprint density at radius 3 is 2.52 bits per heavy atom. The molecule has 6 nitrogen and oxygen atoms in total. The summed E-state index contributed by atoms with van der Waals surface area (Å²) in [6.45, 7) is 2.52. The van der Waals surface area contributed by atoms with Crippen molar-refractivity contribution in [2.24, 2.45) is 11.7 Å². The van der Waals surface area contributed by atoms with Crippen LogP contribution in [0.1, 0.15) is 12.0 Å². The van der Waals surface area contributed by atoms with E-state index in [-0.39, 0.29) is 12.3 Å². The van der Waals surface area contributed by atoms with E-state index in [9.17, 15) is 9.59 Å². The molecule has 3 N–H and O–H groups in total. The Balaban J connectivity index is 1.86. The van der Waals surface area contributed by atoms with Crippen molar-refractivity contribution in [3.05, 3.63) is 35.9 Å². The van der Waals surface area contributed by atoms with Crippen LogP contribution in [-0.4, -0.2) is 43.1 Å². The van der Waals surface area contributed by atoms with Crippen LogP contribution in [0.2, 0.25) is 0 Å². The lowest BCUT2D eigenvalue weighted by molar-refractivity contribution is -0.132. The third-order valence-electron chi connectivity index (χ3n) is 3.45. The average molecular weight is 291 g/mol. The van der Waals surface area contributed by atoms with Crippen LogP contribution < -0.4 is 11.2 Å². The summed E-state index contributed by atoms with van der Waals surface area (Å²) in [5, 5.41) is 1.81.